The van der Waals surface area contributed by atoms with Crippen LogP contribution in [-0.2, 0) is 9.84 Å². The Morgan fingerprint density at radius 2 is 1.50 bits per heavy atom. The third-order valence-electron chi connectivity index (χ3n) is 4.80. The fraction of sp³-hybridized carbons (Fsp3) is 0.609. The summed E-state index contributed by atoms with van der Waals surface area (Å²) >= 11 is 0. The van der Waals surface area contributed by atoms with Crippen LogP contribution in [0.1, 0.15) is 71.1 Å². The summed E-state index contributed by atoms with van der Waals surface area (Å²) in [5.41, 5.74) is 0. The number of phenolic OH excluding ortho intramolecular Hbond substituents is 1. The SMILES string of the molecule is CCCCCNC(=O)NCCCCC=CCCCCCS(=O)(=O)c1ccccc1O. The first kappa shape index (κ1) is 26.0. The van der Waals surface area contributed by atoms with Crippen molar-refractivity contribution in [3.8, 4) is 5.75 Å². The molecule has 0 bridgehead atoms. The Balaban J connectivity index is 1.99. The van der Waals surface area contributed by atoms with Crippen molar-refractivity contribution in [2.24, 2.45) is 0 Å². The number of phenols is 1. The monoisotopic (exact) mass is 438 g/mol. The van der Waals surface area contributed by atoms with Gasteiger partial charge < -0.3 is 15.7 Å². The van der Waals surface area contributed by atoms with E-state index < -0.39 is 9.84 Å². The molecule has 0 aliphatic carbocycles. The highest BCUT2D eigenvalue weighted by atomic mass is 32.2. The fourth-order valence-corrected chi connectivity index (χ4v) is 4.50. The molecule has 0 radical (unpaired) electrons. The molecule has 0 saturated carbocycles. The van der Waals surface area contributed by atoms with Gasteiger partial charge in [-0.1, -0.05) is 50.5 Å². The van der Waals surface area contributed by atoms with Crippen LogP contribution in [0.2, 0.25) is 0 Å². The van der Waals surface area contributed by atoms with Crippen molar-refractivity contribution in [2.75, 3.05) is 18.8 Å². The van der Waals surface area contributed by atoms with Crippen LogP contribution >= 0.6 is 0 Å². The van der Waals surface area contributed by atoms with Gasteiger partial charge in [0.25, 0.3) is 0 Å². The van der Waals surface area contributed by atoms with E-state index in [4.69, 9.17) is 0 Å². The Bertz CT molecular complexity index is 732. The third kappa shape index (κ3) is 11.9. The van der Waals surface area contributed by atoms with Crippen LogP contribution in [0.15, 0.2) is 41.3 Å². The first-order chi connectivity index (χ1) is 14.5. The predicted molar refractivity (Wildman–Crippen MR) is 123 cm³/mol. The Morgan fingerprint density at radius 3 is 2.13 bits per heavy atom. The summed E-state index contributed by atoms with van der Waals surface area (Å²) in [7, 11) is -3.42. The average Bonchev–Trinajstić information content (AvgIpc) is 2.72. The van der Waals surface area contributed by atoms with Crippen LogP contribution in [0.3, 0.4) is 0 Å². The molecule has 0 aliphatic rings. The van der Waals surface area contributed by atoms with E-state index in [1.54, 1.807) is 12.1 Å². The lowest BCUT2D eigenvalue weighted by Gasteiger charge is -2.06. The highest BCUT2D eigenvalue weighted by Crippen LogP contribution is 2.23. The van der Waals surface area contributed by atoms with Gasteiger partial charge in [-0.3, -0.25) is 0 Å². The summed E-state index contributed by atoms with van der Waals surface area (Å²) in [4.78, 5) is 11.6. The number of nitrogens with one attached hydrogen (secondary N) is 2. The summed E-state index contributed by atoms with van der Waals surface area (Å²) in [6, 6.07) is 6.01. The smallest absolute Gasteiger partial charge is 0.314 e. The first-order valence-corrected chi connectivity index (χ1v) is 12.8. The number of amides is 2. The maximum Gasteiger partial charge on any atom is 0.314 e. The Hall–Kier alpha value is -2.02. The summed E-state index contributed by atoms with van der Waals surface area (Å²) in [6.07, 6.45) is 13.9. The highest BCUT2D eigenvalue weighted by molar-refractivity contribution is 7.91. The van der Waals surface area contributed by atoms with Crippen LogP contribution in [0.25, 0.3) is 0 Å². The maximum atomic E-state index is 12.2. The maximum absolute atomic E-state index is 12.2. The van der Waals surface area contributed by atoms with Crippen molar-refractivity contribution in [1.82, 2.24) is 10.6 Å². The number of aromatic hydroxyl groups is 1. The Morgan fingerprint density at radius 1 is 0.900 bits per heavy atom. The van der Waals surface area contributed by atoms with E-state index in [0.717, 1.165) is 64.3 Å². The molecule has 0 saturated heterocycles. The van der Waals surface area contributed by atoms with Gasteiger partial charge in [-0.2, -0.15) is 0 Å². The number of carbonyl (C=O) groups is 1. The van der Waals surface area contributed by atoms with Gasteiger partial charge >= 0.3 is 6.03 Å². The van der Waals surface area contributed by atoms with Crippen molar-refractivity contribution in [1.29, 1.82) is 0 Å². The van der Waals surface area contributed by atoms with Crippen LogP contribution in [0.4, 0.5) is 4.79 Å². The molecule has 0 spiro atoms. The average molecular weight is 439 g/mol. The zero-order valence-corrected chi connectivity index (χ0v) is 19.1. The normalized spacial score (nSPS) is 11.6. The molecule has 1 rings (SSSR count). The molecule has 30 heavy (non-hydrogen) atoms. The van der Waals surface area contributed by atoms with Gasteiger partial charge in [0, 0.05) is 13.1 Å². The molecule has 0 fully saturated rings. The van der Waals surface area contributed by atoms with Crippen molar-refractivity contribution in [3.05, 3.63) is 36.4 Å². The summed E-state index contributed by atoms with van der Waals surface area (Å²) in [5, 5.41) is 15.4. The van der Waals surface area contributed by atoms with E-state index in [9.17, 15) is 18.3 Å². The second-order valence-corrected chi connectivity index (χ2v) is 9.57. The molecule has 0 atom stereocenters. The number of benzene rings is 1. The Labute approximate surface area is 182 Å². The van der Waals surface area contributed by atoms with Gasteiger partial charge in [-0.15, -0.1) is 0 Å². The van der Waals surface area contributed by atoms with Crippen molar-refractivity contribution < 1.29 is 18.3 Å². The lowest BCUT2D eigenvalue weighted by molar-refractivity contribution is 0.240. The molecule has 3 N–H and O–H groups in total. The molecule has 6 nitrogen and oxygen atoms in total. The standard InChI is InChI=1S/C23H38N2O4S/c1-2-3-13-18-24-23(27)25-19-14-9-7-5-4-6-8-10-15-20-30(28,29)22-17-12-11-16-21(22)26/h4-5,11-12,16-17,26H,2-3,6-10,13-15,18-20H2,1H3,(H2,24,25,27). The molecule has 1 aromatic rings. The second-order valence-electron chi connectivity index (χ2n) is 7.49. The number of carbonyl (C=O) groups excluding carboxylic acids is 1. The van der Waals surface area contributed by atoms with Crippen LogP contribution in [-0.4, -0.2) is 38.4 Å². The summed E-state index contributed by atoms with van der Waals surface area (Å²) < 4.78 is 24.5. The zero-order valence-electron chi connectivity index (χ0n) is 18.2. The minimum Gasteiger partial charge on any atom is -0.507 e. The lowest BCUT2D eigenvalue weighted by Crippen LogP contribution is -2.36. The van der Waals surface area contributed by atoms with E-state index >= 15 is 0 Å². The molecule has 0 heterocycles. The van der Waals surface area contributed by atoms with E-state index in [-0.39, 0.29) is 22.4 Å². The quantitative estimate of drug-likeness (QED) is 0.251. The molecule has 2 amide bonds. The third-order valence-corrected chi connectivity index (χ3v) is 6.64. The van der Waals surface area contributed by atoms with Gasteiger partial charge in [0.1, 0.15) is 10.6 Å². The second kappa shape index (κ2) is 15.8. The zero-order chi connectivity index (χ0) is 22.1. The number of urea groups is 1. The molecule has 0 aliphatic heterocycles. The molecule has 1 aromatic carbocycles. The minimum absolute atomic E-state index is 0.0216. The molecular weight excluding hydrogens is 400 g/mol. The predicted octanol–water partition coefficient (Wildman–Crippen LogP) is 4.94. The summed E-state index contributed by atoms with van der Waals surface area (Å²) in [6.45, 7) is 3.57. The number of para-hydroxylation sites is 1. The fourth-order valence-electron chi connectivity index (χ4n) is 3.03. The van der Waals surface area contributed by atoms with E-state index in [1.807, 2.05) is 0 Å². The van der Waals surface area contributed by atoms with Gasteiger partial charge in [0.2, 0.25) is 0 Å². The van der Waals surface area contributed by atoms with Gasteiger partial charge in [0.15, 0.2) is 9.84 Å². The van der Waals surface area contributed by atoms with Crippen molar-refractivity contribution >= 4 is 15.9 Å². The van der Waals surface area contributed by atoms with Crippen LogP contribution in [0.5, 0.6) is 5.75 Å². The van der Waals surface area contributed by atoms with E-state index in [0.29, 0.717) is 13.0 Å². The van der Waals surface area contributed by atoms with Gasteiger partial charge in [-0.25, -0.2) is 13.2 Å². The molecule has 7 heteroatoms. The van der Waals surface area contributed by atoms with Gasteiger partial charge in [-0.05, 0) is 57.1 Å². The summed E-state index contributed by atoms with van der Waals surface area (Å²) in [5.74, 6) is -0.115. The number of sulfone groups is 1. The number of hydrogen-bond acceptors (Lipinski definition) is 4. The number of allylic oxidation sites excluding steroid dienone is 2. The first-order valence-electron chi connectivity index (χ1n) is 11.1. The Kier molecular flexibility index (Phi) is 13.7. The largest absolute Gasteiger partial charge is 0.507 e. The van der Waals surface area contributed by atoms with Crippen molar-refractivity contribution in [2.45, 2.75) is 76.0 Å². The van der Waals surface area contributed by atoms with Crippen LogP contribution < -0.4 is 10.6 Å². The number of hydrogen-bond donors (Lipinski definition) is 3. The van der Waals surface area contributed by atoms with E-state index in [1.165, 1.54) is 12.1 Å². The topological polar surface area (TPSA) is 95.5 Å². The van der Waals surface area contributed by atoms with E-state index in [2.05, 4.69) is 29.7 Å². The lowest BCUT2D eigenvalue weighted by atomic mass is 10.1. The minimum atomic E-state index is -3.42. The van der Waals surface area contributed by atoms with Gasteiger partial charge in [0.05, 0.1) is 5.75 Å². The number of unbranched alkanes of at least 4 members (excludes halogenated alkanes) is 7. The molecule has 0 unspecified atom stereocenters. The molecule has 170 valence electrons. The van der Waals surface area contributed by atoms with Crippen LogP contribution in [0, 0.1) is 0 Å². The molecule has 0 aromatic heterocycles. The molecular formula is C23H38N2O4S. The number of rotatable bonds is 16. The van der Waals surface area contributed by atoms with Crippen molar-refractivity contribution in [3.63, 3.8) is 0 Å². The highest BCUT2D eigenvalue weighted by Gasteiger charge is 2.17.